The minimum absolute atomic E-state index is 0.844. The van der Waals surface area contributed by atoms with Gasteiger partial charge in [-0.3, -0.25) is 4.90 Å². The maximum Gasteiger partial charge on any atom is 0.0345 e. The van der Waals surface area contributed by atoms with Gasteiger partial charge in [-0.2, -0.15) is 0 Å². The van der Waals surface area contributed by atoms with Crippen LogP contribution >= 0.6 is 0 Å². The minimum Gasteiger partial charge on any atom is -0.314 e. The molecule has 3 heteroatoms. The van der Waals surface area contributed by atoms with Crippen molar-refractivity contribution in [3.8, 4) is 0 Å². The summed E-state index contributed by atoms with van der Waals surface area (Å²) >= 11 is 0. The Morgan fingerprint density at radius 3 is 2.62 bits per heavy atom. The Hall–Kier alpha value is -0.120. The highest BCUT2D eigenvalue weighted by atomic mass is 15.3. The highest BCUT2D eigenvalue weighted by Crippen LogP contribution is 2.09. The van der Waals surface area contributed by atoms with E-state index in [4.69, 9.17) is 0 Å². The van der Waals surface area contributed by atoms with Gasteiger partial charge in [0.15, 0.2) is 0 Å². The fourth-order valence-corrected chi connectivity index (χ4v) is 2.20. The van der Waals surface area contributed by atoms with Gasteiger partial charge in [0.25, 0.3) is 0 Å². The van der Waals surface area contributed by atoms with Crippen molar-refractivity contribution in [2.24, 2.45) is 0 Å². The summed E-state index contributed by atoms with van der Waals surface area (Å²) < 4.78 is 0. The van der Waals surface area contributed by atoms with Gasteiger partial charge in [-0.15, -0.1) is 0 Å². The van der Waals surface area contributed by atoms with Crippen molar-refractivity contribution in [2.75, 3.05) is 45.8 Å². The van der Waals surface area contributed by atoms with Gasteiger partial charge in [-0.05, 0) is 26.1 Å². The van der Waals surface area contributed by atoms with Gasteiger partial charge >= 0.3 is 0 Å². The molecule has 2 fully saturated rings. The predicted molar refractivity (Wildman–Crippen MR) is 55.0 cm³/mol. The summed E-state index contributed by atoms with van der Waals surface area (Å²) in [6.45, 7) is 11.1. The van der Waals surface area contributed by atoms with Crippen LogP contribution in [0.25, 0.3) is 0 Å². The van der Waals surface area contributed by atoms with Crippen LogP contribution in [0.4, 0.5) is 0 Å². The fourth-order valence-electron chi connectivity index (χ4n) is 2.20. The highest BCUT2D eigenvalue weighted by Gasteiger charge is 2.25. The molecule has 0 bridgehead atoms. The second kappa shape index (κ2) is 4.40. The lowest BCUT2D eigenvalue weighted by atomic mass is 10.1. The van der Waals surface area contributed by atoms with E-state index >= 15 is 0 Å². The van der Waals surface area contributed by atoms with E-state index in [2.05, 4.69) is 22.0 Å². The van der Waals surface area contributed by atoms with Crippen molar-refractivity contribution in [1.29, 1.82) is 0 Å². The Balaban J connectivity index is 1.79. The maximum absolute atomic E-state index is 3.35. The molecule has 0 spiro atoms. The van der Waals surface area contributed by atoms with Crippen LogP contribution in [0.3, 0.4) is 0 Å². The average Bonchev–Trinajstić information content (AvgIpc) is 2.27. The van der Waals surface area contributed by atoms with E-state index < -0.39 is 0 Å². The molecule has 2 aliphatic heterocycles. The molecular formula is C10H21N3. The summed E-state index contributed by atoms with van der Waals surface area (Å²) in [6.07, 6.45) is 1.35. The van der Waals surface area contributed by atoms with Crippen molar-refractivity contribution >= 4 is 0 Å². The normalized spacial score (nSPS) is 28.4. The Kier molecular flexibility index (Phi) is 3.19. The summed E-state index contributed by atoms with van der Waals surface area (Å²) in [7, 11) is 0. The van der Waals surface area contributed by atoms with Gasteiger partial charge in [-0.1, -0.05) is 6.92 Å². The lowest BCUT2D eigenvalue weighted by molar-refractivity contribution is 0.149. The standard InChI is InChI=1S/C10H21N3/c1-2-12-4-3-5-13(7-6-12)10-8-11-9-10/h10-11H,2-9H2,1H3. The summed E-state index contributed by atoms with van der Waals surface area (Å²) in [5.41, 5.74) is 0. The zero-order valence-electron chi connectivity index (χ0n) is 8.63. The first kappa shape index (κ1) is 9.44. The first-order chi connectivity index (χ1) is 6.40. The zero-order chi connectivity index (χ0) is 9.10. The molecule has 0 aromatic heterocycles. The van der Waals surface area contributed by atoms with E-state index in [1.807, 2.05) is 0 Å². The summed E-state index contributed by atoms with van der Waals surface area (Å²) in [5.74, 6) is 0. The third-order valence-corrected chi connectivity index (χ3v) is 3.35. The SMILES string of the molecule is CCN1CCCN(C2CNC2)CC1. The Labute approximate surface area is 81.1 Å². The van der Waals surface area contributed by atoms with E-state index in [9.17, 15) is 0 Å². The number of rotatable bonds is 2. The van der Waals surface area contributed by atoms with Crippen LogP contribution in [-0.2, 0) is 0 Å². The second-order valence-corrected chi connectivity index (χ2v) is 4.14. The van der Waals surface area contributed by atoms with Gasteiger partial charge in [0.05, 0.1) is 0 Å². The first-order valence-corrected chi connectivity index (χ1v) is 5.57. The lowest BCUT2D eigenvalue weighted by Gasteiger charge is -2.37. The van der Waals surface area contributed by atoms with Gasteiger partial charge in [0.1, 0.15) is 0 Å². The number of nitrogens with zero attached hydrogens (tertiary/aromatic N) is 2. The number of nitrogens with one attached hydrogen (secondary N) is 1. The van der Waals surface area contributed by atoms with Crippen molar-refractivity contribution in [3.05, 3.63) is 0 Å². The highest BCUT2D eigenvalue weighted by molar-refractivity contribution is 4.86. The Bertz CT molecular complexity index is 156. The van der Waals surface area contributed by atoms with Crippen LogP contribution in [-0.4, -0.2) is 61.7 Å². The van der Waals surface area contributed by atoms with E-state index in [0.717, 1.165) is 6.04 Å². The van der Waals surface area contributed by atoms with Gasteiger partial charge in [-0.25, -0.2) is 0 Å². The van der Waals surface area contributed by atoms with E-state index in [-0.39, 0.29) is 0 Å². The molecule has 0 saturated carbocycles. The first-order valence-electron chi connectivity index (χ1n) is 5.57. The molecule has 0 radical (unpaired) electrons. The third-order valence-electron chi connectivity index (χ3n) is 3.35. The van der Waals surface area contributed by atoms with Crippen molar-refractivity contribution < 1.29 is 0 Å². The van der Waals surface area contributed by atoms with E-state index in [0.29, 0.717) is 0 Å². The number of hydrogen-bond donors (Lipinski definition) is 1. The van der Waals surface area contributed by atoms with Crippen molar-refractivity contribution in [1.82, 2.24) is 15.1 Å². The molecule has 2 saturated heterocycles. The largest absolute Gasteiger partial charge is 0.314 e. The van der Waals surface area contributed by atoms with Crippen molar-refractivity contribution in [3.63, 3.8) is 0 Å². The molecule has 13 heavy (non-hydrogen) atoms. The van der Waals surface area contributed by atoms with Gasteiger partial charge in [0.2, 0.25) is 0 Å². The molecule has 0 amide bonds. The molecule has 2 heterocycles. The monoisotopic (exact) mass is 183 g/mol. The van der Waals surface area contributed by atoms with E-state index in [1.165, 1.54) is 52.2 Å². The molecule has 2 rings (SSSR count). The van der Waals surface area contributed by atoms with Crippen molar-refractivity contribution in [2.45, 2.75) is 19.4 Å². The van der Waals surface area contributed by atoms with E-state index in [1.54, 1.807) is 0 Å². The summed E-state index contributed by atoms with van der Waals surface area (Å²) in [6, 6.07) is 0.844. The smallest absolute Gasteiger partial charge is 0.0345 e. The zero-order valence-corrected chi connectivity index (χ0v) is 8.63. The molecule has 2 aliphatic rings. The molecule has 3 nitrogen and oxygen atoms in total. The molecule has 0 aromatic rings. The molecule has 0 aromatic carbocycles. The maximum atomic E-state index is 3.35. The van der Waals surface area contributed by atoms with Gasteiger partial charge in [0, 0.05) is 32.2 Å². The Morgan fingerprint density at radius 2 is 2.00 bits per heavy atom. The Morgan fingerprint density at radius 1 is 1.15 bits per heavy atom. The molecule has 0 unspecified atom stereocenters. The van der Waals surface area contributed by atoms with Crippen LogP contribution < -0.4 is 5.32 Å². The summed E-state index contributed by atoms with van der Waals surface area (Å²) in [5, 5.41) is 3.35. The summed E-state index contributed by atoms with van der Waals surface area (Å²) in [4.78, 5) is 5.22. The van der Waals surface area contributed by atoms with Crippen LogP contribution in [0.2, 0.25) is 0 Å². The number of hydrogen-bond acceptors (Lipinski definition) is 3. The molecule has 76 valence electrons. The molecule has 0 atom stereocenters. The van der Waals surface area contributed by atoms with Gasteiger partial charge < -0.3 is 10.2 Å². The third kappa shape index (κ3) is 2.22. The molecule has 0 aliphatic carbocycles. The van der Waals surface area contributed by atoms with Crippen LogP contribution in [0, 0.1) is 0 Å². The fraction of sp³-hybridized carbons (Fsp3) is 1.00. The number of likely N-dealkylation sites (N-methyl/N-ethyl adjacent to an activating group) is 1. The molecular weight excluding hydrogens is 162 g/mol. The topological polar surface area (TPSA) is 18.5 Å². The average molecular weight is 183 g/mol. The quantitative estimate of drug-likeness (QED) is 0.649. The molecule has 1 N–H and O–H groups in total. The minimum atomic E-state index is 0.844. The lowest BCUT2D eigenvalue weighted by Crippen LogP contribution is -2.57. The predicted octanol–water partition coefficient (Wildman–Crippen LogP) is -0.0142. The van der Waals surface area contributed by atoms with Crippen LogP contribution in [0.1, 0.15) is 13.3 Å². The second-order valence-electron chi connectivity index (χ2n) is 4.14. The van der Waals surface area contributed by atoms with Crippen LogP contribution in [0.5, 0.6) is 0 Å². The van der Waals surface area contributed by atoms with Crippen LogP contribution in [0.15, 0.2) is 0 Å².